The van der Waals surface area contributed by atoms with E-state index in [2.05, 4.69) is 4.18 Å². The van der Waals surface area contributed by atoms with Crippen LogP contribution in [0.4, 0.5) is 39.5 Å². The van der Waals surface area contributed by atoms with Gasteiger partial charge in [0, 0.05) is 24.0 Å². The van der Waals surface area contributed by atoms with Gasteiger partial charge in [-0.2, -0.15) is 30.4 Å². The average Bonchev–Trinajstić information content (AvgIpc) is 2.88. The standard InChI is InChI=1S/C24H15F9O4S/c25-7-5-11-9-12(24(31,32)33)1-3-14(11)15-6-8-36-17-10-13(2-4-16(15)17)38(34,35)37-23-21(29)19(27)18(26)20(28)22(23)30/h1-4,9-10,15H,5-8H2/t15-/m0/s1. The zero-order valence-electron chi connectivity index (χ0n) is 18.8. The van der Waals surface area contributed by atoms with Crippen molar-refractivity contribution in [2.45, 2.75) is 29.8 Å². The Morgan fingerprint density at radius 2 is 1.47 bits per heavy atom. The lowest BCUT2D eigenvalue weighted by atomic mass is 9.83. The van der Waals surface area contributed by atoms with Gasteiger partial charge in [-0.05, 0) is 35.7 Å². The van der Waals surface area contributed by atoms with Gasteiger partial charge < -0.3 is 8.92 Å². The molecule has 3 aromatic rings. The minimum atomic E-state index is -5.15. The second kappa shape index (κ2) is 10.0. The molecule has 1 atom stereocenters. The van der Waals surface area contributed by atoms with Gasteiger partial charge in [-0.25, -0.2) is 13.2 Å². The molecule has 204 valence electrons. The summed E-state index contributed by atoms with van der Waals surface area (Å²) < 4.78 is 156. The zero-order chi connectivity index (χ0) is 28.0. The first-order valence-electron chi connectivity index (χ1n) is 10.7. The van der Waals surface area contributed by atoms with Gasteiger partial charge in [0.25, 0.3) is 0 Å². The van der Waals surface area contributed by atoms with E-state index in [9.17, 15) is 47.9 Å². The van der Waals surface area contributed by atoms with Crippen molar-refractivity contribution in [2.75, 3.05) is 13.3 Å². The highest BCUT2D eigenvalue weighted by Crippen LogP contribution is 2.42. The van der Waals surface area contributed by atoms with E-state index in [-0.39, 0.29) is 30.8 Å². The maximum atomic E-state index is 13.9. The number of fused-ring (bicyclic) bond motifs is 1. The van der Waals surface area contributed by atoms with Crippen LogP contribution < -0.4 is 8.92 Å². The fraction of sp³-hybridized carbons (Fsp3) is 0.250. The van der Waals surface area contributed by atoms with Gasteiger partial charge in [0.05, 0.1) is 18.8 Å². The number of rotatable bonds is 6. The maximum absolute atomic E-state index is 13.9. The van der Waals surface area contributed by atoms with Crippen molar-refractivity contribution < 1.29 is 56.9 Å². The van der Waals surface area contributed by atoms with Gasteiger partial charge in [-0.15, -0.1) is 0 Å². The Labute approximate surface area is 209 Å². The number of ether oxygens (including phenoxy) is 1. The van der Waals surface area contributed by atoms with E-state index < -0.39 is 74.2 Å². The Bertz CT molecular complexity index is 1470. The van der Waals surface area contributed by atoms with E-state index in [1.165, 1.54) is 12.1 Å². The topological polar surface area (TPSA) is 52.6 Å². The van der Waals surface area contributed by atoms with Crippen LogP contribution in [0.25, 0.3) is 0 Å². The van der Waals surface area contributed by atoms with Gasteiger partial charge in [0.1, 0.15) is 10.6 Å². The number of hydrogen-bond acceptors (Lipinski definition) is 4. The van der Waals surface area contributed by atoms with Crippen LogP contribution in [0.3, 0.4) is 0 Å². The fourth-order valence-electron chi connectivity index (χ4n) is 4.10. The molecule has 38 heavy (non-hydrogen) atoms. The van der Waals surface area contributed by atoms with Crippen molar-refractivity contribution in [3.05, 3.63) is 87.7 Å². The molecule has 0 aliphatic carbocycles. The maximum Gasteiger partial charge on any atom is 0.416 e. The summed E-state index contributed by atoms with van der Waals surface area (Å²) in [6.07, 6.45) is -4.73. The van der Waals surface area contributed by atoms with Crippen LogP contribution >= 0.6 is 0 Å². The van der Waals surface area contributed by atoms with Crippen LogP contribution in [-0.2, 0) is 22.7 Å². The first-order valence-corrected chi connectivity index (χ1v) is 12.2. The molecule has 0 radical (unpaired) electrons. The van der Waals surface area contributed by atoms with Gasteiger partial charge >= 0.3 is 16.3 Å². The van der Waals surface area contributed by atoms with Crippen molar-refractivity contribution in [2.24, 2.45) is 0 Å². The SMILES string of the molecule is O=S(=O)(Oc1c(F)c(F)c(F)c(F)c1F)c1ccc2c(c1)OCC[C@H]2c1ccc(C(F)(F)F)cc1CCF. The van der Waals surface area contributed by atoms with Gasteiger partial charge in [-0.3, -0.25) is 4.39 Å². The Balaban J connectivity index is 1.72. The van der Waals surface area contributed by atoms with Crippen molar-refractivity contribution in [3.63, 3.8) is 0 Å². The van der Waals surface area contributed by atoms with E-state index in [1.54, 1.807) is 0 Å². The Hall–Kier alpha value is -3.42. The molecule has 0 amide bonds. The lowest BCUT2D eigenvalue weighted by Crippen LogP contribution is -2.19. The monoisotopic (exact) mass is 570 g/mol. The Morgan fingerprint density at radius 1 is 0.868 bits per heavy atom. The smallest absolute Gasteiger partial charge is 0.416 e. The third-order valence-corrected chi connectivity index (χ3v) is 7.10. The lowest BCUT2D eigenvalue weighted by molar-refractivity contribution is -0.137. The number of alkyl halides is 4. The van der Waals surface area contributed by atoms with Gasteiger partial charge in [0.2, 0.25) is 34.8 Å². The number of hydrogen-bond donors (Lipinski definition) is 0. The molecule has 0 saturated heterocycles. The zero-order valence-corrected chi connectivity index (χ0v) is 19.6. The highest BCUT2D eigenvalue weighted by Gasteiger charge is 2.34. The van der Waals surface area contributed by atoms with Crippen LogP contribution in [0.15, 0.2) is 41.3 Å². The summed E-state index contributed by atoms with van der Waals surface area (Å²) in [4.78, 5) is -0.766. The Kier molecular flexibility index (Phi) is 7.30. The predicted octanol–water partition coefficient (Wildman–Crippen LogP) is 6.60. The molecular weight excluding hydrogens is 555 g/mol. The number of benzene rings is 3. The van der Waals surface area contributed by atoms with Crippen LogP contribution in [0.2, 0.25) is 0 Å². The molecule has 0 spiro atoms. The molecule has 0 fully saturated rings. The molecule has 0 aromatic heterocycles. The first-order chi connectivity index (χ1) is 17.8. The summed E-state index contributed by atoms with van der Waals surface area (Å²) in [6, 6.07) is 5.85. The van der Waals surface area contributed by atoms with Crippen LogP contribution in [0, 0.1) is 29.1 Å². The summed E-state index contributed by atoms with van der Waals surface area (Å²) in [5.41, 5.74) is -0.213. The fourth-order valence-corrected chi connectivity index (χ4v) is 5.05. The van der Waals surface area contributed by atoms with Gasteiger partial charge in [-0.1, -0.05) is 12.1 Å². The molecule has 0 N–H and O–H groups in total. The van der Waals surface area contributed by atoms with E-state index in [1.807, 2.05) is 0 Å². The molecule has 14 heteroatoms. The molecule has 3 aromatic carbocycles. The van der Waals surface area contributed by atoms with Crippen LogP contribution in [-0.4, -0.2) is 21.7 Å². The lowest BCUT2D eigenvalue weighted by Gasteiger charge is -2.28. The highest BCUT2D eigenvalue weighted by atomic mass is 32.2. The van der Waals surface area contributed by atoms with E-state index in [0.717, 1.165) is 24.3 Å². The molecule has 1 heterocycles. The summed E-state index contributed by atoms with van der Waals surface area (Å²) in [5.74, 6) is -15.1. The summed E-state index contributed by atoms with van der Waals surface area (Å²) in [5, 5.41) is 0. The van der Waals surface area contributed by atoms with E-state index in [4.69, 9.17) is 4.74 Å². The quantitative estimate of drug-likeness (QED) is 0.145. The van der Waals surface area contributed by atoms with Crippen molar-refractivity contribution in [1.29, 1.82) is 0 Å². The summed E-state index contributed by atoms with van der Waals surface area (Å²) >= 11 is 0. The van der Waals surface area contributed by atoms with Crippen molar-refractivity contribution >= 4 is 10.1 Å². The molecular formula is C24H15F9O4S. The Morgan fingerprint density at radius 3 is 2.08 bits per heavy atom. The predicted molar refractivity (Wildman–Crippen MR) is 114 cm³/mol. The molecule has 4 nitrogen and oxygen atoms in total. The van der Waals surface area contributed by atoms with E-state index in [0.29, 0.717) is 11.1 Å². The normalized spacial score (nSPS) is 15.7. The van der Waals surface area contributed by atoms with Crippen molar-refractivity contribution in [1.82, 2.24) is 0 Å². The second-order valence-corrected chi connectivity index (χ2v) is 9.72. The molecule has 1 aliphatic rings. The van der Waals surface area contributed by atoms with Crippen LogP contribution in [0.1, 0.15) is 34.6 Å². The minimum Gasteiger partial charge on any atom is -0.493 e. The molecule has 0 bridgehead atoms. The molecule has 0 unspecified atom stereocenters. The summed E-state index contributed by atoms with van der Waals surface area (Å²) in [6.45, 7) is -0.966. The van der Waals surface area contributed by atoms with Gasteiger partial charge in [0.15, 0.2) is 0 Å². The molecule has 4 rings (SSSR count). The second-order valence-electron chi connectivity index (χ2n) is 8.18. The molecule has 1 aliphatic heterocycles. The van der Waals surface area contributed by atoms with Crippen molar-refractivity contribution in [3.8, 4) is 11.5 Å². The average molecular weight is 570 g/mol. The van der Waals surface area contributed by atoms with E-state index >= 15 is 0 Å². The highest BCUT2D eigenvalue weighted by molar-refractivity contribution is 7.87. The minimum absolute atomic E-state index is 0.0320. The largest absolute Gasteiger partial charge is 0.493 e. The third-order valence-electron chi connectivity index (χ3n) is 5.89. The third kappa shape index (κ3) is 5.00. The first kappa shape index (κ1) is 27.6. The molecule has 0 saturated carbocycles. The van der Waals surface area contributed by atoms with Crippen LogP contribution in [0.5, 0.6) is 11.5 Å². The summed E-state index contributed by atoms with van der Waals surface area (Å²) in [7, 11) is -5.15. The number of aryl methyl sites for hydroxylation is 1. The number of halogens is 9.